The summed E-state index contributed by atoms with van der Waals surface area (Å²) < 4.78 is 28.4. The molecular formula is C15H10O4S. The third kappa shape index (κ3) is 2.02. The third-order valence-corrected chi connectivity index (χ3v) is 3.99. The quantitative estimate of drug-likeness (QED) is 0.455. The van der Waals surface area contributed by atoms with Gasteiger partial charge in [0, 0.05) is 5.56 Å². The molecule has 0 aliphatic carbocycles. The van der Waals surface area contributed by atoms with Crippen molar-refractivity contribution >= 4 is 21.1 Å². The standard InChI is InChI=1S/C15H10O4S/c16-15-13(10-6-2-1-3-7-10)14(20(17)18)11-8-4-5-9-12(11)19-15/h1-9,13H. The third-order valence-electron chi connectivity index (χ3n) is 3.17. The molecule has 5 heteroatoms. The van der Waals surface area contributed by atoms with Crippen molar-refractivity contribution in [2.24, 2.45) is 0 Å². The van der Waals surface area contributed by atoms with Gasteiger partial charge in [0.1, 0.15) is 16.5 Å². The number of rotatable bonds is 1. The van der Waals surface area contributed by atoms with E-state index < -0.39 is 22.2 Å². The van der Waals surface area contributed by atoms with Crippen LogP contribution >= 0.6 is 0 Å². The molecule has 1 aliphatic rings. The summed E-state index contributed by atoms with van der Waals surface area (Å²) >= 11 is 0. The van der Waals surface area contributed by atoms with Crippen molar-refractivity contribution in [1.29, 1.82) is 0 Å². The molecule has 0 amide bonds. The lowest BCUT2D eigenvalue weighted by Crippen LogP contribution is -2.32. The van der Waals surface area contributed by atoms with Crippen LogP contribution in [0.5, 0.6) is 5.75 Å². The fourth-order valence-electron chi connectivity index (χ4n) is 2.31. The van der Waals surface area contributed by atoms with E-state index in [4.69, 9.17) is 4.74 Å². The number of carbonyl (C=O) groups excluding carboxylic acids is 1. The Bertz CT molecular complexity index is 799. The summed E-state index contributed by atoms with van der Waals surface area (Å²) in [6, 6.07) is 15.4. The predicted molar refractivity (Wildman–Crippen MR) is 74.3 cm³/mol. The van der Waals surface area contributed by atoms with Gasteiger partial charge < -0.3 is 4.74 Å². The molecule has 0 bridgehead atoms. The molecule has 3 rings (SSSR count). The maximum absolute atomic E-state index is 12.2. The van der Waals surface area contributed by atoms with Crippen LogP contribution in [0.1, 0.15) is 17.0 Å². The maximum Gasteiger partial charge on any atom is 0.324 e. The zero-order valence-corrected chi connectivity index (χ0v) is 11.1. The Balaban J connectivity index is 2.27. The van der Waals surface area contributed by atoms with Gasteiger partial charge in [0.25, 0.3) is 0 Å². The van der Waals surface area contributed by atoms with E-state index in [9.17, 15) is 13.2 Å². The van der Waals surface area contributed by atoms with E-state index >= 15 is 0 Å². The largest absolute Gasteiger partial charge is 0.425 e. The number of hydrogen-bond donors (Lipinski definition) is 0. The minimum absolute atomic E-state index is 0.0584. The lowest BCUT2D eigenvalue weighted by molar-refractivity contribution is -0.134. The maximum atomic E-state index is 12.2. The van der Waals surface area contributed by atoms with E-state index in [0.717, 1.165) is 0 Å². The van der Waals surface area contributed by atoms with Gasteiger partial charge in [0.2, 0.25) is 10.3 Å². The van der Waals surface area contributed by atoms with Gasteiger partial charge in [0.05, 0.1) is 0 Å². The molecule has 0 radical (unpaired) electrons. The second-order valence-electron chi connectivity index (χ2n) is 4.36. The van der Waals surface area contributed by atoms with Crippen LogP contribution in [-0.4, -0.2) is 19.3 Å². The fraction of sp³-hybridized carbons (Fsp3) is 0.0667. The SMILES string of the molecule is O=C1Oc2ccccc2C(=S(=O)=O)C1c1ccccc1. The van der Waals surface area contributed by atoms with Crippen molar-refractivity contribution in [2.45, 2.75) is 5.92 Å². The van der Waals surface area contributed by atoms with Gasteiger partial charge in [-0.15, -0.1) is 0 Å². The highest BCUT2D eigenvalue weighted by atomic mass is 32.2. The molecule has 0 fully saturated rings. The molecule has 1 unspecified atom stereocenters. The minimum atomic E-state index is -2.50. The van der Waals surface area contributed by atoms with Crippen LogP contribution in [0.3, 0.4) is 0 Å². The molecule has 4 nitrogen and oxygen atoms in total. The molecule has 1 atom stereocenters. The average molecular weight is 286 g/mol. The van der Waals surface area contributed by atoms with Gasteiger partial charge in [-0.1, -0.05) is 42.5 Å². The Labute approximate surface area is 117 Å². The predicted octanol–water partition coefficient (Wildman–Crippen LogP) is 1.79. The van der Waals surface area contributed by atoms with Crippen LogP contribution in [0.15, 0.2) is 54.6 Å². The first-order valence-electron chi connectivity index (χ1n) is 6.00. The second-order valence-corrected chi connectivity index (χ2v) is 5.27. The lowest BCUT2D eigenvalue weighted by atomic mass is 9.89. The van der Waals surface area contributed by atoms with E-state index in [-0.39, 0.29) is 10.6 Å². The van der Waals surface area contributed by atoms with Gasteiger partial charge in [-0.2, -0.15) is 8.42 Å². The van der Waals surface area contributed by atoms with E-state index in [2.05, 4.69) is 0 Å². The Kier molecular flexibility index (Phi) is 3.12. The van der Waals surface area contributed by atoms with Crippen LogP contribution in [0.25, 0.3) is 0 Å². The fourth-order valence-corrected chi connectivity index (χ4v) is 3.08. The Morgan fingerprint density at radius 2 is 1.55 bits per heavy atom. The summed E-state index contributed by atoms with van der Waals surface area (Å²) in [5.74, 6) is -1.21. The highest BCUT2D eigenvalue weighted by molar-refractivity contribution is 7.73. The molecule has 0 spiro atoms. The molecule has 0 N–H and O–H groups in total. The van der Waals surface area contributed by atoms with Gasteiger partial charge >= 0.3 is 5.97 Å². The van der Waals surface area contributed by atoms with Crippen molar-refractivity contribution in [3.63, 3.8) is 0 Å². The Hall–Kier alpha value is -2.40. The molecule has 1 heterocycles. The number of esters is 1. The zero-order chi connectivity index (χ0) is 14.1. The number of fused-ring (bicyclic) bond motifs is 1. The second kappa shape index (κ2) is 4.94. The van der Waals surface area contributed by atoms with Crippen LogP contribution in [0.2, 0.25) is 0 Å². The molecule has 2 aromatic carbocycles. The summed E-state index contributed by atoms with van der Waals surface area (Å²) in [6.45, 7) is 0. The topological polar surface area (TPSA) is 60.4 Å². The molecule has 0 aromatic heterocycles. The first kappa shape index (κ1) is 12.6. The molecule has 100 valence electrons. The summed E-state index contributed by atoms with van der Waals surface area (Å²) in [5, 5.41) is 0. The highest BCUT2D eigenvalue weighted by Crippen LogP contribution is 2.33. The molecular weight excluding hydrogens is 276 g/mol. The zero-order valence-electron chi connectivity index (χ0n) is 10.3. The first-order chi connectivity index (χ1) is 9.68. The number of carbonyl (C=O) groups is 1. The Morgan fingerprint density at radius 1 is 0.900 bits per heavy atom. The Morgan fingerprint density at radius 3 is 2.25 bits per heavy atom. The van der Waals surface area contributed by atoms with Crippen molar-refractivity contribution in [2.75, 3.05) is 0 Å². The van der Waals surface area contributed by atoms with Gasteiger partial charge in [-0.3, -0.25) is 4.79 Å². The first-order valence-corrected chi connectivity index (χ1v) is 7.08. The van der Waals surface area contributed by atoms with E-state index in [1.54, 1.807) is 54.6 Å². The lowest BCUT2D eigenvalue weighted by Gasteiger charge is -2.23. The summed E-state index contributed by atoms with van der Waals surface area (Å²) in [4.78, 5) is 12.2. The smallest absolute Gasteiger partial charge is 0.324 e. The van der Waals surface area contributed by atoms with Crippen LogP contribution in [0.4, 0.5) is 0 Å². The number of ether oxygens (including phenoxy) is 1. The summed E-state index contributed by atoms with van der Waals surface area (Å²) in [5.41, 5.74) is 1.04. The average Bonchev–Trinajstić information content (AvgIpc) is 2.46. The van der Waals surface area contributed by atoms with Crippen molar-refractivity contribution in [1.82, 2.24) is 0 Å². The normalized spacial score (nSPS) is 17.3. The van der Waals surface area contributed by atoms with E-state index in [0.29, 0.717) is 11.1 Å². The molecule has 0 saturated carbocycles. The molecule has 2 aromatic rings. The molecule has 0 saturated heterocycles. The summed E-state index contributed by atoms with van der Waals surface area (Å²) in [6.07, 6.45) is 0. The van der Waals surface area contributed by atoms with Gasteiger partial charge in [-0.05, 0) is 17.7 Å². The number of para-hydroxylation sites is 1. The monoisotopic (exact) mass is 286 g/mol. The van der Waals surface area contributed by atoms with Crippen LogP contribution in [0, 0.1) is 0 Å². The highest BCUT2D eigenvalue weighted by Gasteiger charge is 2.36. The van der Waals surface area contributed by atoms with Crippen molar-refractivity contribution < 1.29 is 17.9 Å². The summed E-state index contributed by atoms with van der Waals surface area (Å²) in [7, 11) is -2.50. The number of benzene rings is 2. The van der Waals surface area contributed by atoms with Crippen molar-refractivity contribution in [3.05, 3.63) is 65.7 Å². The van der Waals surface area contributed by atoms with E-state index in [1.165, 1.54) is 0 Å². The van der Waals surface area contributed by atoms with Gasteiger partial charge in [-0.25, -0.2) is 0 Å². The van der Waals surface area contributed by atoms with Crippen molar-refractivity contribution in [3.8, 4) is 5.75 Å². The number of hydrogen-bond acceptors (Lipinski definition) is 4. The van der Waals surface area contributed by atoms with Crippen LogP contribution < -0.4 is 4.74 Å². The molecule has 20 heavy (non-hydrogen) atoms. The minimum Gasteiger partial charge on any atom is -0.425 e. The van der Waals surface area contributed by atoms with Crippen LogP contribution in [-0.2, 0) is 15.1 Å². The van der Waals surface area contributed by atoms with E-state index in [1.807, 2.05) is 0 Å². The van der Waals surface area contributed by atoms with Gasteiger partial charge in [0.15, 0.2) is 0 Å². The molecule has 1 aliphatic heterocycles.